The number of ether oxygens (including phenoxy) is 2. The van der Waals surface area contributed by atoms with Crippen molar-refractivity contribution in [2.45, 2.75) is 30.9 Å². The third kappa shape index (κ3) is 5.27. The SMILES string of the molecule is COc1cc2c(cc1OC)C(C(=O)NCc1ccco1)C(c1cc(C(F)(F)F)cc(C(F)(F)F)c1)NC2=O. The number of hydrogen-bond donors (Lipinski definition) is 2. The molecule has 1 aromatic heterocycles. The molecule has 3 aromatic rings. The van der Waals surface area contributed by atoms with Gasteiger partial charge in [0, 0.05) is 5.56 Å². The molecule has 0 saturated heterocycles. The van der Waals surface area contributed by atoms with E-state index in [0.717, 1.165) is 0 Å². The quantitative estimate of drug-likeness (QED) is 0.417. The van der Waals surface area contributed by atoms with E-state index < -0.39 is 52.8 Å². The Morgan fingerprint density at radius 1 is 0.974 bits per heavy atom. The standard InChI is InChI=1S/C25H20F6N2O5/c1-36-18-9-16-17(10-19(18)37-2)22(34)33-21(20(16)23(35)32-11-15-4-3-5-38-15)12-6-13(24(26,27)28)8-14(7-12)25(29,30)31/h3-10,20-21H,11H2,1-2H3,(H,32,35)(H,33,34). The molecule has 0 bridgehead atoms. The maximum Gasteiger partial charge on any atom is 0.416 e. The van der Waals surface area contributed by atoms with Gasteiger partial charge in [0.15, 0.2) is 11.5 Å². The van der Waals surface area contributed by atoms with Crippen molar-refractivity contribution in [3.63, 3.8) is 0 Å². The molecule has 2 N–H and O–H groups in total. The molecule has 1 aliphatic heterocycles. The Morgan fingerprint density at radius 3 is 2.11 bits per heavy atom. The monoisotopic (exact) mass is 542 g/mol. The third-order valence-electron chi connectivity index (χ3n) is 6.02. The number of hydrogen-bond acceptors (Lipinski definition) is 5. The first kappa shape index (κ1) is 26.9. The van der Waals surface area contributed by atoms with Crippen molar-refractivity contribution in [2.24, 2.45) is 0 Å². The molecule has 0 aliphatic carbocycles. The van der Waals surface area contributed by atoms with Gasteiger partial charge in [-0.05, 0) is 53.6 Å². The van der Waals surface area contributed by atoms with Crippen molar-refractivity contribution in [1.82, 2.24) is 10.6 Å². The van der Waals surface area contributed by atoms with Crippen LogP contribution >= 0.6 is 0 Å². The Kier molecular flexibility index (Phi) is 7.04. The number of fused-ring (bicyclic) bond motifs is 1. The minimum Gasteiger partial charge on any atom is -0.493 e. The third-order valence-corrected chi connectivity index (χ3v) is 6.02. The van der Waals surface area contributed by atoms with Crippen LogP contribution in [-0.2, 0) is 23.7 Å². The van der Waals surface area contributed by atoms with E-state index in [9.17, 15) is 35.9 Å². The second-order valence-corrected chi connectivity index (χ2v) is 8.36. The van der Waals surface area contributed by atoms with Gasteiger partial charge in [-0.25, -0.2) is 0 Å². The Labute approximate surface area is 211 Å². The number of benzene rings is 2. The van der Waals surface area contributed by atoms with Gasteiger partial charge in [-0.3, -0.25) is 9.59 Å². The Hall–Kier alpha value is -4.16. The maximum atomic E-state index is 13.6. The highest BCUT2D eigenvalue weighted by molar-refractivity contribution is 6.02. The highest BCUT2D eigenvalue weighted by atomic mass is 19.4. The summed E-state index contributed by atoms with van der Waals surface area (Å²) in [7, 11) is 2.60. The zero-order valence-electron chi connectivity index (χ0n) is 19.8. The van der Waals surface area contributed by atoms with Gasteiger partial charge in [-0.2, -0.15) is 26.3 Å². The van der Waals surface area contributed by atoms with Crippen LogP contribution in [0.25, 0.3) is 0 Å². The molecular weight excluding hydrogens is 522 g/mol. The molecule has 0 radical (unpaired) electrons. The summed E-state index contributed by atoms with van der Waals surface area (Å²) >= 11 is 0. The van der Waals surface area contributed by atoms with Crippen LogP contribution in [0.15, 0.2) is 53.1 Å². The number of rotatable bonds is 6. The lowest BCUT2D eigenvalue weighted by molar-refractivity contribution is -0.143. The fourth-order valence-electron chi connectivity index (χ4n) is 4.25. The highest BCUT2D eigenvalue weighted by Gasteiger charge is 2.43. The van der Waals surface area contributed by atoms with E-state index in [2.05, 4.69) is 10.6 Å². The van der Waals surface area contributed by atoms with Crippen molar-refractivity contribution in [2.75, 3.05) is 14.2 Å². The van der Waals surface area contributed by atoms with E-state index in [4.69, 9.17) is 13.9 Å². The average molecular weight is 542 g/mol. The number of furan rings is 1. The largest absolute Gasteiger partial charge is 0.493 e. The average Bonchev–Trinajstić information content (AvgIpc) is 3.39. The lowest BCUT2D eigenvalue weighted by Crippen LogP contribution is -2.44. The molecule has 13 heteroatoms. The summed E-state index contributed by atoms with van der Waals surface area (Å²) in [6, 6.07) is 5.06. The van der Waals surface area contributed by atoms with Crippen LogP contribution in [0.3, 0.4) is 0 Å². The van der Waals surface area contributed by atoms with E-state index in [-0.39, 0.29) is 35.2 Å². The van der Waals surface area contributed by atoms with Crippen molar-refractivity contribution >= 4 is 11.8 Å². The van der Waals surface area contributed by atoms with E-state index in [1.807, 2.05) is 0 Å². The predicted octanol–water partition coefficient (Wildman–Crippen LogP) is 5.22. The molecule has 0 saturated carbocycles. The molecule has 2 aromatic carbocycles. The molecule has 0 fully saturated rings. The van der Waals surface area contributed by atoms with Crippen LogP contribution in [0.5, 0.6) is 11.5 Å². The first-order valence-corrected chi connectivity index (χ1v) is 11.0. The van der Waals surface area contributed by atoms with E-state index in [1.165, 1.54) is 32.6 Å². The Bertz CT molecular complexity index is 1320. The molecule has 4 rings (SSSR count). The van der Waals surface area contributed by atoms with Crippen LogP contribution < -0.4 is 20.1 Å². The fraction of sp³-hybridized carbons (Fsp3) is 0.280. The normalized spacial score (nSPS) is 17.4. The number of amides is 2. The molecule has 0 spiro atoms. The molecule has 202 valence electrons. The van der Waals surface area contributed by atoms with Crippen LogP contribution in [0.1, 0.15) is 50.3 Å². The van der Waals surface area contributed by atoms with Crippen molar-refractivity contribution in [3.8, 4) is 11.5 Å². The van der Waals surface area contributed by atoms with Gasteiger partial charge in [0.1, 0.15) is 5.76 Å². The van der Waals surface area contributed by atoms with E-state index in [0.29, 0.717) is 17.9 Å². The molecule has 2 amide bonds. The Balaban J connectivity index is 1.89. The summed E-state index contributed by atoms with van der Waals surface area (Å²) in [4.78, 5) is 26.5. The first-order valence-electron chi connectivity index (χ1n) is 11.0. The number of carbonyl (C=O) groups is 2. The van der Waals surface area contributed by atoms with Crippen LogP contribution in [0, 0.1) is 0 Å². The fourth-order valence-corrected chi connectivity index (χ4v) is 4.25. The maximum absolute atomic E-state index is 13.6. The van der Waals surface area contributed by atoms with Gasteiger partial charge < -0.3 is 24.5 Å². The predicted molar refractivity (Wildman–Crippen MR) is 119 cm³/mol. The summed E-state index contributed by atoms with van der Waals surface area (Å²) in [6.45, 7) is -0.123. The van der Waals surface area contributed by atoms with Gasteiger partial charge in [0.25, 0.3) is 5.91 Å². The molecular formula is C25H20F6N2O5. The number of alkyl halides is 6. The summed E-state index contributed by atoms with van der Waals surface area (Å²) in [5, 5.41) is 4.97. The van der Waals surface area contributed by atoms with Gasteiger partial charge in [0.2, 0.25) is 5.91 Å². The smallest absolute Gasteiger partial charge is 0.416 e. The minimum absolute atomic E-state index is 0.0258. The number of nitrogens with one attached hydrogen (secondary N) is 2. The zero-order chi connectivity index (χ0) is 27.8. The molecule has 2 unspecified atom stereocenters. The van der Waals surface area contributed by atoms with Crippen molar-refractivity contribution in [1.29, 1.82) is 0 Å². The van der Waals surface area contributed by atoms with Gasteiger partial charge >= 0.3 is 12.4 Å². The van der Waals surface area contributed by atoms with Crippen molar-refractivity contribution in [3.05, 3.63) is 82.3 Å². The molecule has 1 aliphatic rings. The van der Waals surface area contributed by atoms with E-state index >= 15 is 0 Å². The van der Waals surface area contributed by atoms with Gasteiger partial charge in [-0.1, -0.05) is 0 Å². The molecule has 2 heterocycles. The van der Waals surface area contributed by atoms with E-state index in [1.54, 1.807) is 12.1 Å². The Morgan fingerprint density at radius 2 is 1.58 bits per heavy atom. The van der Waals surface area contributed by atoms with Gasteiger partial charge in [-0.15, -0.1) is 0 Å². The van der Waals surface area contributed by atoms with Crippen LogP contribution in [0.2, 0.25) is 0 Å². The summed E-state index contributed by atoms with van der Waals surface area (Å²) in [5.74, 6) is -2.47. The number of halogens is 6. The topological polar surface area (TPSA) is 89.8 Å². The number of methoxy groups -OCH3 is 2. The minimum atomic E-state index is -5.12. The second-order valence-electron chi connectivity index (χ2n) is 8.36. The summed E-state index contributed by atoms with van der Waals surface area (Å²) in [6.07, 6.45) is -8.89. The van der Waals surface area contributed by atoms with Gasteiger partial charge in [0.05, 0.1) is 50.1 Å². The molecule has 7 nitrogen and oxygen atoms in total. The molecule has 38 heavy (non-hydrogen) atoms. The molecule has 2 atom stereocenters. The zero-order valence-corrected chi connectivity index (χ0v) is 19.8. The summed E-state index contributed by atoms with van der Waals surface area (Å²) in [5.41, 5.74) is -3.74. The summed E-state index contributed by atoms with van der Waals surface area (Å²) < 4.78 is 97.0. The highest BCUT2D eigenvalue weighted by Crippen LogP contribution is 2.44. The van der Waals surface area contributed by atoms with Crippen LogP contribution in [-0.4, -0.2) is 26.0 Å². The first-order chi connectivity index (χ1) is 17.8. The lowest BCUT2D eigenvalue weighted by atomic mass is 9.79. The van der Waals surface area contributed by atoms with Crippen molar-refractivity contribution < 1.29 is 49.8 Å². The lowest BCUT2D eigenvalue weighted by Gasteiger charge is -2.34. The number of carbonyl (C=O) groups excluding carboxylic acids is 2. The van der Waals surface area contributed by atoms with Crippen LogP contribution in [0.4, 0.5) is 26.3 Å². The second kappa shape index (κ2) is 9.95.